The van der Waals surface area contributed by atoms with Crippen LogP contribution in [-0.2, 0) is 17.6 Å². The fourth-order valence-corrected chi connectivity index (χ4v) is 3.23. The van der Waals surface area contributed by atoms with Crippen molar-refractivity contribution in [2.24, 2.45) is 0 Å². The average molecular weight is 391 g/mol. The molecule has 1 aromatic carbocycles. The molecule has 1 atom stereocenters. The van der Waals surface area contributed by atoms with E-state index in [4.69, 9.17) is 9.26 Å². The molecule has 2 aromatic rings. The maximum Gasteiger partial charge on any atom is 0.227 e. The highest BCUT2D eigenvalue weighted by Gasteiger charge is 2.32. The number of carbonyl (C=O) groups is 1. The number of nitrogens with zero attached hydrogens (tertiary/aromatic N) is 3. The van der Waals surface area contributed by atoms with Crippen LogP contribution in [-0.4, -0.2) is 51.4 Å². The number of hydrogen-bond donors (Lipinski definition) is 1. The minimum absolute atomic E-state index is 0.0138. The number of aryl methyl sites for hydroxylation is 2. The van der Waals surface area contributed by atoms with Gasteiger partial charge in [0.1, 0.15) is 23.8 Å². The van der Waals surface area contributed by atoms with E-state index < -0.39 is 5.60 Å². The lowest BCUT2D eigenvalue weighted by molar-refractivity contribution is -0.131. The quantitative estimate of drug-likeness (QED) is 0.780. The summed E-state index contributed by atoms with van der Waals surface area (Å²) in [6.07, 6.45) is 3.08. The van der Waals surface area contributed by atoms with Gasteiger partial charge in [-0.3, -0.25) is 4.79 Å². The maximum absolute atomic E-state index is 13.0. The first kappa shape index (κ1) is 20.3. The van der Waals surface area contributed by atoms with Gasteiger partial charge in [-0.2, -0.15) is 4.98 Å². The summed E-state index contributed by atoms with van der Waals surface area (Å²) in [6.45, 7) is 3.12. The normalized spacial score (nSPS) is 20.0. The molecule has 0 spiro atoms. The third-order valence-corrected chi connectivity index (χ3v) is 4.97. The van der Waals surface area contributed by atoms with Crippen molar-refractivity contribution in [3.05, 3.63) is 41.8 Å². The van der Waals surface area contributed by atoms with E-state index in [-0.39, 0.29) is 18.3 Å². The molecule has 0 aliphatic carbocycles. The number of amides is 1. The van der Waals surface area contributed by atoms with E-state index in [0.29, 0.717) is 69.1 Å². The number of rotatable bonds is 7. The van der Waals surface area contributed by atoms with E-state index in [1.54, 1.807) is 4.90 Å². The molecule has 7 nitrogen and oxygen atoms in total. The van der Waals surface area contributed by atoms with Gasteiger partial charge in [0.05, 0.1) is 0 Å². The molecule has 1 fully saturated rings. The van der Waals surface area contributed by atoms with E-state index >= 15 is 0 Å². The summed E-state index contributed by atoms with van der Waals surface area (Å²) in [5.41, 5.74) is -1.01. The molecule has 0 radical (unpaired) electrons. The monoisotopic (exact) mass is 391 g/mol. The van der Waals surface area contributed by atoms with Crippen molar-refractivity contribution in [2.45, 2.75) is 51.0 Å². The van der Waals surface area contributed by atoms with Crippen LogP contribution in [0.3, 0.4) is 0 Å². The third kappa shape index (κ3) is 5.51. The van der Waals surface area contributed by atoms with Gasteiger partial charge in [0.15, 0.2) is 5.82 Å². The summed E-state index contributed by atoms with van der Waals surface area (Å²) >= 11 is 0. The molecule has 1 aliphatic heterocycles. The van der Waals surface area contributed by atoms with Crippen LogP contribution in [0.25, 0.3) is 0 Å². The topological polar surface area (TPSA) is 88.7 Å². The Morgan fingerprint density at radius 3 is 2.82 bits per heavy atom. The van der Waals surface area contributed by atoms with Crippen molar-refractivity contribution in [3.8, 4) is 5.75 Å². The molecule has 1 aliphatic rings. The Hall–Kier alpha value is -2.48. The van der Waals surface area contributed by atoms with Crippen molar-refractivity contribution < 1.29 is 23.6 Å². The Kier molecular flexibility index (Phi) is 6.61. The zero-order valence-corrected chi connectivity index (χ0v) is 16.1. The lowest BCUT2D eigenvalue weighted by Crippen LogP contribution is -2.38. The van der Waals surface area contributed by atoms with Crippen LogP contribution in [0.2, 0.25) is 0 Å². The summed E-state index contributed by atoms with van der Waals surface area (Å²) in [5.74, 6) is 1.31. The van der Waals surface area contributed by atoms with Gasteiger partial charge in [0.2, 0.25) is 11.8 Å². The van der Waals surface area contributed by atoms with E-state index in [1.165, 1.54) is 24.3 Å². The Labute approximate surface area is 163 Å². The second-order valence-corrected chi connectivity index (χ2v) is 7.16. The van der Waals surface area contributed by atoms with Crippen LogP contribution in [0.1, 0.15) is 44.3 Å². The molecular formula is C20H26FN3O4. The molecule has 0 saturated carbocycles. The van der Waals surface area contributed by atoms with E-state index in [9.17, 15) is 14.3 Å². The van der Waals surface area contributed by atoms with Crippen molar-refractivity contribution in [3.63, 3.8) is 0 Å². The van der Waals surface area contributed by atoms with Crippen molar-refractivity contribution in [1.82, 2.24) is 15.0 Å². The van der Waals surface area contributed by atoms with Gasteiger partial charge in [-0.1, -0.05) is 12.1 Å². The van der Waals surface area contributed by atoms with Crippen LogP contribution in [0.4, 0.5) is 4.39 Å². The van der Waals surface area contributed by atoms with E-state index in [0.717, 1.165) is 0 Å². The highest BCUT2D eigenvalue weighted by atomic mass is 19.1. The molecule has 1 saturated heterocycles. The number of ether oxygens (including phenoxy) is 1. The first-order valence-electron chi connectivity index (χ1n) is 9.67. The second-order valence-electron chi connectivity index (χ2n) is 7.16. The summed E-state index contributed by atoms with van der Waals surface area (Å²) in [7, 11) is 0. The van der Waals surface area contributed by atoms with Gasteiger partial charge < -0.3 is 19.3 Å². The van der Waals surface area contributed by atoms with Crippen LogP contribution in [0, 0.1) is 5.82 Å². The highest BCUT2D eigenvalue weighted by Crippen LogP contribution is 2.24. The number of hydrogen-bond acceptors (Lipinski definition) is 6. The minimum Gasteiger partial charge on any atom is -0.491 e. The van der Waals surface area contributed by atoms with E-state index in [1.807, 2.05) is 6.92 Å². The predicted octanol–water partition coefficient (Wildman–Crippen LogP) is 2.53. The van der Waals surface area contributed by atoms with Gasteiger partial charge in [-0.15, -0.1) is 0 Å². The molecule has 1 amide bonds. The highest BCUT2D eigenvalue weighted by molar-refractivity contribution is 5.76. The molecule has 1 aromatic heterocycles. The Bertz CT molecular complexity index is 780. The van der Waals surface area contributed by atoms with Crippen molar-refractivity contribution in [1.29, 1.82) is 0 Å². The zero-order valence-electron chi connectivity index (χ0n) is 16.1. The van der Waals surface area contributed by atoms with Crippen LogP contribution >= 0.6 is 0 Å². The standard InChI is InChI=1S/C20H26FN3O4/c1-2-17-22-18(28-23-17)8-9-19(25)24-12-3-10-20(26,11-13-24)14-27-16-6-4-15(21)5-7-16/h4-7,26H,2-3,8-14H2,1H3. The Morgan fingerprint density at radius 1 is 1.32 bits per heavy atom. The lowest BCUT2D eigenvalue weighted by atomic mass is 9.96. The molecule has 2 heterocycles. The average Bonchev–Trinajstić information content (AvgIpc) is 3.07. The molecule has 8 heteroatoms. The molecule has 1 unspecified atom stereocenters. The third-order valence-electron chi connectivity index (χ3n) is 4.97. The molecule has 28 heavy (non-hydrogen) atoms. The largest absolute Gasteiger partial charge is 0.491 e. The summed E-state index contributed by atoms with van der Waals surface area (Å²) in [5, 5.41) is 14.7. The zero-order chi connectivity index (χ0) is 20.0. The summed E-state index contributed by atoms with van der Waals surface area (Å²) in [4.78, 5) is 18.5. The first-order valence-corrected chi connectivity index (χ1v) is 9.67. The first-order chi connectivity index (χ1) is 13.5. The van der Waals surface area contributed by atoms with Gasteiger partial charge in [-0.05, 0) is 43.5 Å². The number of benzene rings is 1. The number of aliphatic hydroxyl groups is 1. The molecule has 3 rings (SSSR count). The smallest absolute Gasteiger partial charge is 0.227 e. The van der Waals surface area contributed by atoms with E-state index in [2.05, 4.69) is 10.1 Å². The van der Waals surface area contributed by atoms with Gasteiger partial charge in [0.25, 0.3) is 0 Å². The van der Waals surface area contributed by atoms with Crippen LogP contribution in [0.15, 0.2) is 28.8 Å². The lowest BCUT2D eigenvalue weighted by Gasteiger charge is -2.27. The second kappa shape index (κ2) is 9.14. The fraction of sp³-hybridized carbons (Fsp3) is 0.550. The molecule has 152 valence electrons. The SMILES string of the molecule is CCc1noc(CCC(=O)N2CCCC(O)(COc3ccc(F)cc3)CC2)n1. The molecule has 1 N–H and O–H groups in total. The number of likely N-dealkylation sites (tertiary alicyclic amines) is 1. The minimum atomic E-state index is -1.01. The van der Waals surface area contributed by atoms with Crippen LogP contribution < -0.4 is 4.74 Å². The Balaban J connectivity index is 1.47. The fourth-order valence-electron chi connectivity index (χ4n) is 3.23. The van der Waals surface area contributed by atoms with Crippen LogP contribution in [0.5, 0.6) is 5.75 Å². The van der Waals surface area contributed by atoms with Crippen molar-refractivity contribution >= 4 is 5.91 Å². The predicted molar refractivity (Wildman–Crippen MR) is 99.3 cm³/mol. The summed E-state index contributed by atoms with van der Waals surface area (Å²) in [6, 6.07) is 5.71. The van der Waals surface area contributed by atoms with Gasteiger partial charge >= 0.3 is 0 Å². The molecule has 0 bridgehead atoms. The number of aromatic nitrogens is 2. The number of halogens is 1. The van der Waals surface area contributed by atoms with Crippen molar-refractivity contribution in [2.75, 3.05) is 19.7 Å². The van der Waals surface area contributed by atoms with Gasteiger partial charge in [0, 0.05) is 32.4 Å². The summed E-state index contributed by atoms with van der Waals surface area (Å²) < 4.78 is 23.7. The van der Waals surface area contributed by atoms with Gasteiger partial charge in [-0.25, -0.2) is 4.39 Å². The number of carbonyl (C=O) groups excluding carboxylic acids is 1. The Morgan fingerprint density at radius 2 is 2.11 bits per heavy atom. The molecular weight excluding hydrogens is 365 g/mol. The maximum atomic E-state index is 13.0.